The van der Waals surface area contributed by atoms with Gasteiger partial charge in [-0.3, -0.25) is 9.97 Å². The molecule has 3 aromatic heterocycles. The molecule has 0 saturated carbocycles. The molecule has 5 aromatic rings. The van der Waals surface area contributed by atoms with Gasteiger partial charge in [0.05, 0.1) is 41.3 Å². The molecular weight excluding hydrogens is 272 g/mol. The van der Waals surface area contributed by atoms with Crippen molar-refractivity contribution in [1.29, 1.82) is 0 Å². The van der Waals surface area contributed by atoms with Crippen LogP contribution in [0, 0.1) is 0 Å². The second kappa shape index (κ2) is 4.18. The average molecular weight is 288 g/mol. The minimum absolute atomic E-state index is 0.111. The van der Waals surface area contributed by atoms with Gasteiger partial charge in [-0.2, -0.15) is 0 Å². The molecule has 102 valence electrons. The zero-order valence-corrected chi connectivity index (χ0v) is 11.1. The van der Waals surface area contributed by atoms with Gasteiger partial charge in [0.1, 0.15) is 0 Å². The Kier molecular flexibility index (Phi) is 1.37. The van der Waals surface area contributed by atoms with Crippen LogP contribution in [0.5, 0.6) is 0 Å². The number of benzene rings is 2. The van der Waals surface area contributed by atoms with E-state index < -0.39 is 12.3 Å². The second-order valence-corrected chi connectivity index (χ2v) is 4.80. The maximum atomic E-state index is 8.37. The highest BCUT2D eigenvalue weighted by Crippen LogP contribution is 2.31. The Morgan fingerprint density at radius 2 is 1.18 bits per heavy atom. The van der Waals surface area contributed by atoms with E-state index in [0.29, 0.717) is 11.0 Å². The fraction of sp³-hybridized carbons (Fsp3) is 0. The van der Waals surface area contributed by atoms with Crippen molar-refractivity contribution in [2.45, 2.75) is 0 Å². The summed E-state index contributed by atoms with van der Waals surface area (Å²) in [6.45, 7) is 0. The van der Waals surface area contributed by atoms with Crippen molar-refractivity contribution in [3.8, 4) is 0 Å². The Labute approximate surface area is 133 Å². The number of pyridine rings is 2. The van der Waals surface area contributed by atoms with Crippen LogP contribution in [-0.2, 0) is 0 Å². The zero-order valence-electron chi connectivity index (χ0n) is 17.1. The molecule has 3 heterocycles. The Hall–Kier alpha value is -3.14. The van der Waals surface area contributed by atoms with Gasteiger partial charge in [-0.1, -0.05) is 12.1 Å². The van der Waals surface area contributed by atoms with Crippen LogP contribution in [0.15, 0.2) is 60.8 Å². The third-order valence-corrected chi connectivity index (χ3v) is 3.56. The van der Waals surface area contributed by atoms with Gasteiger partial charge in [0.25, 0.3) is 0 Å². The van der Waals surface area contributed by atoms with Crippen molar-refractivity contribution in [2.75, 3.05) is 0 Å². The van der Waals surface area contributed by atoms with Crippen LogP contribution in [0.2, 0.25) is 0 Å². The summed E-state index contributed by atoms with van der Waals surface area (Å²) in [5.74, 6) is 0. The predicted octanol–water partition coefficient (Wildman–Crippen LogP) is 3.88. The minimum atomic E-state index is -0.401. The maximum absolute atomic E-state index is 8.37. The third-order valence-electron chi connectivity index (χ3n) is 3.56. The van der Waals surface area contributed by atoms with Crippen molar-refractivity contribution in [3.05, 3.63) is 60.8 Å². The molecule has 5 rings (SSSR count). The molecule has 0 saturated heterocycles. The van der Waals surface area contributed by atoms with Gasteiger partial charge in [0.2, 0.25) is 0 Å². The Bertz CT molecular complexity index is 1370. The standard InChI is InChI=1S/C18H10N4/c1-2-8-14-13(7-1)21-17-11-5-3-9-19-15(11)16-12(18(17)22-14)6-4-10-20-16/h1-10H/i3D,4D,5D,6D,9D,10D. The molecule has 0 N–H and O–H groups in total. The molecular formula is C18H10N4. The molecule has 0 aliphatic rings. The predicted molar refractivity (Wildman–Crippen MR) is 87.6 cm³/mol. The molecule has 0 amide bonds. The lowest BCUT2D eigenvalue weighted by atomic mass is 10.1. The van der Waals surface area contributed by atoms with E-state index in [9.17, 15) is 0 Å². The second-order valence-electron chi connectivity index (χ2n) is 4.80. The van der Waals surface area contributed by atoms with Crippen LogP contribution >= 0.6 is 0 Å². The van der Waals surface area contributed by atoms with Crippen molar-refractivity contribution in [2.24, 2.45) is 0 Å². The van der Waals surface area contributed by atoms with Gasteiger partial charge in [-0.25, -0.2) is 9.97 Å². The first-order chi connectivity index (χ1) is 13.4. The van der Waals surface area contributed by atoms with Crippen LogP contribution < -0.4 is 0 Å². The summed E-state index contributed by atoms with van der Waals surface area (Å²) >= 11 is 0. The van der Waals surface area contributed by atoms with E-state index >= 15 is 0 Å². The highest BCUT2D eigenvalue weighted by atomic mass is 14.8. The first kappa shape index (κ1) is 7.22. The molecule has 0 fully saturated rings. The molecule has 0 unspecified atom stereocenters. The van der Waals surface area contributed by atoms with E-state index in [1.54, 1.807) is 24.3 Å². The van der Waals surface area contributed by atoms with Crippen LogP contribution in [0.3, 0.4) is 0 Å². The fourth-order valence-corrected chi connectivity index (χ4v) is 2.61. The van der Waals surface area contributed by atoms with Crippen molar-refractivity contribution in [3.63, 3.8) is 0 Å². The van der Waals surface area contributed by atoms with Gasteiger partial charge >= 0.3 is 0 Å². The third kappa shape index (κ3) is 1.46. The van der Waals surface area contributed by atoms with Crippen LogP contribution in [0.25, 0.3) is 43.9 Å². The van der Waals surface area contributed by atoms with E-state index in [2.05, 4.69) is 19.9 Å². The Balaban J connectivity index is 2.22. The number of hydrogen-bond donors (Lipinski definition) is 0. The summed E-state index contributed by atoms with van der Waals surface area (Å²) < 4.78 is 48.5. The highest BCUT2D eigenvalue weighted by Gasteiger charge is 2.12. The lowest BCUT2D eigenvalue weighted by Gasteiger charge is -2.08. The summed E-state index contributed by atoms with van der Waals surface area (Å²) in [6, 6.07) is 5.96. The summed E-state index contributed by atoms with van der Waals surface area (Å²) in [7, 11) is 0. The smallest absolute Gasteiger partial charge is 0.0996 e. The van der Waals surface area contributed by atoms with Gasteiger partial charge in [-0.15, -0.1) is 0 Å². The molecule has 0 radical (unpaired) electrons. The van der Waals surface area contributed by atoms with Gasteiger partial charge < -0.3 is 0 Å². The molecule has 4 nitrogen and oxygen atoms in total. The Morgan fingerprint density at radius 3 is 1.68 bits per heavy atom. The summed E-state index contributed by atoms with van der Waals surface area (Å²) in [5.41, 5.74) is 1.89. The van der Waals surface area contributed by atoms with Gasteiger partial charge in [-0.05, 0) is 36.3 Å². The van der Waals surface area contributed by atoms with Gasteiger partial charge in [0, 0.05) is 23.1 Å². The number of nitrogens with zero attached hydrogens (tertiary/aromatic N) is 4. The molecule has 0 spiro atoms. The lowest BCUT2D eigenvalue weighted by Crippen LogP contribution is -1.93. The minimum Gasteiger partial charge on any atom is -0.254 e. The van der Waals surface area contributed by atoms with Crippen molar-refractivity contribution >= 4 is 43.9 Å². The number of rotatable bonds is 0. The quantitative estimate of drug-likeness (QED) is 0.320. The van der Waals surface area contributed by atoms with E-state index in [1.807, 2.05) is 0 Å². The molecule has 0 aliphatic carbocycles. The van der Waals surface area contributed by atoms with Gasteiger partial charge in [0.15, 0.2) is 0 Å². The van der Waals surface area contributed by atoms with E-state index in [4.69, 9.17) is 8.22 Å². The van der Waals surface area contributed by atoms with Crippen LogP contribution in [0.4, 0.5) is 0 Å². The number of para-hydroxylation sites is 2. The average Bonchev–Trinajstić information content (AvgIpc) is 2.69. The number of hydrogen-bond acceptors (Lipinski definition) is 4. The number of fused-ring (bicyclic) bond motifs is 7. The van der Waals surface area contributed by atoms with E-state index in [0.717, 1.165) is 0 Å². The summed E-state index contributed by atoms with van der Waals surface area (Å²) in [4.78, 5) is 17.4. The van der Waals surface area contributed by atoms with E-state index in [-0.39, 0.29) is 57.0 Å². The zero-order chi connectivity index (χ0) is 19.7. The van der Waals surface area contributed by atoms with Crippen LogP contribution in [0.1, 0.15) is 8.22 Å². The molecule has 0 aliphatic heterocycles. The molecule has 0 atom stereocenters. The normalized spacial score (nSPS) is 15.5. The molecule has 22 heavy (non-hydrogen) atoms. The maximum Gasteiger partial charge on any atom is 0.0996 e. The monoisotopic (exact) mass is 288 g/mol. The van der Waals surface area contributed by atoms with E-state index in [1.165, 1.54) is 0 Å². The first-order valence-electron chi connectivity index (χ1n) is 9.62. The van der Waals surface area contributed by atoms with Crippen molar-refractivity contribution < 1.29 is 8.22 Å². The SMILES string of the molecule is [2H]c1nc2c3nc([2H])c([2H])c([2H])c3c3nc4ccccc4nc3c2c([2H])c1[2H]. The molecule has 0 bridgehead atoms. The summed E-state index contributed by atoms with van der Waals surface area (Å²) in [6.07, 6.45) is -0.802. The highest BCUT2D eigenvalue weighted by molar-refractivity contribution is 6.21. The first-order valence-corrected chi connectivity index (χ1v) is 6.62. The van der Waals surface area contributed by atoms with Crippen LogP contribution in [-0.4, -0.2) is 19.9 Å². The van der Waals surface area contributed by atoms with Crippen molar-refractivity contribution in [1.82, 2.24) is 19.9 Å². The summed E-state index contributed by atoms with van der Waals surface area (Å²) in [5, 5.41) is 0.400. The fourth-order valence-electron chi connectivity index (χ4n) is 2.61. The largest absolute Gasteiger partial charge is 0.254 e. The Morgan fingerprint density at radius 1 is 0.682 bits per heavy atom. The molecule has 2 aromatic carbocycles. The number of aromatic nitrogens is 4. The topological polar surface area (TPSA) is 51.6 Å². The molecule has 4 heteroatoms. The lowest BCUT2D eigenvalue weighted by molar-refractivity contribution is 1.36.